The largest absolute Gasteiger partial charge is 0.361 e. The predicted molar refractivity (Wildman–Crippen MR) is 90.8 cm³/mol. The van der Waals surface area contributed by atoms with Crippen molar-refractivity contribution in [2.75, 3.05) is 6.54 Å². The molecule has 1 amide bonds. The number of aromatic amines is 1. The minimum atomic E-state index is -0.152. The van der Waals surface area contributed by atoms with Crippen LogP contribution in [0.4, 0.5) is 0 Å². The van der Waals surface area contributed by atoms with Gasteiger partial charge in [-0.05, 0) is 53.8 Å². The number of fused-ring (bicyclic) bond motifs is 1. The Labute approximate surface area is 138 Å². The fourth-order valence-corrected chi connectivity index (χ4v) is 2.62. The van der Waals surface area contributed by atoms with Crippen molar-refractivity contribution in [3.63, 3.8) is 0 Å². The van der Waals surface area contributed by atoms with Crippen molar-refractivity contribution in [2.24, 2.45) is 0 Å². The summed E-state index contributed by atoms with van der Waals surface area (Å²) in [7, 11) is 0. The molecule has 0 aliphatic rings. The summed E-state index contributed by atoms with van der Waals surface area (Å²) in [5, 5.41) is 4.89. The quantitative estimate of drug-likeness (QED) is 0.728. The highest BCUT2D eigenvalue weighted by Gasteiger charge is 2.07. The van der Waals surface area contributed by atoms with Crippen LogP contribution in [-0.2, 0) is 6.42 Å². The first-order valence-corrected chi connectivity index (χ1v) is 7.68. The van der Waals surface area contributed by atoms with E-state index in [1.54, 1.807) is 18.2 Å². The Balaban J connectivity index is 1.59. The second kappa shape index (κ2) is 6.42. The van der Waals surface area contributed by atoms with Crippen LogP contribution in [0, 0.1) is 0 Å². The van der Waals surface area contributed by atoms with Gasteiger partial charge in [0.15, 0.2) is 0 Å². The molecule has 1 heterocycles. The second-order valence-corrected chi connectivity index (χ2v) is 5.85. The van der Waals surface area contributed by atoms with E-state index in [2.05, 4.69) is 22.4 Å². The van der Waals surface area contributed by atoms with Gasteiger partial charge in [-0.2, -0.15) is 0 Å². The second-order valence-electron chi connectivity index (χ2n) is 5.03. The van der Waals surface area contributed by atoms with Gasteiger partial charge in [0.25, 0.3) is 5.91 Å². The first-order chi connectivity index (χ1) is 10.6. The van der Waals surface area contributed by atoms with E-state index in [4.69, 9.17) is 23.2 Å². The highest BCUT2D eigenvalue weighted by atomic mass is 35.5. The minimum absolute atomic E-state index is 0.152. The molecule has 0 aliphatic heterocycles. The lowest BCUT2D eigenvalue weighted by atomic mass is 10.1. The molecule has 2 N–H and O–H groups in total. The van der Waals surface area contributed by atoms with Gasteiger partial charge in [-0.15, -0.1) is 0 Å². The number of H-pyrrole nitrogens is 1. The molecule has 2 aromatic carbocycles. The molecule has 0 aliphatic carbocycles. The number of halogens is 2. The zero-order valence-electron chi connectivity index (χ0n) is 11.7. The third-order valence-corrected chi connectivity index (χ3v) is 4.24. The summed E-state index contributed by atoms with van der Waals surface area (Å²) in [6, 6.07) is 13.1. The van der Waals surface area contributed by atoms with Gasteiger partial charge in [0, 0.05) is 23.8 Å². The molecule has 1 aromatic heterocycles. The third-order valence-electron chi connectivity index (χ3n) is 3.50. The van der Waals surface area contributed by atoms with Crippen molar-refractivity contribution in [2.45, 2.75) is 6.42 Å². The summed E-state index contributed by atoms with van der Waals surface area (Å²) in [6.07, 6.45) is 2.69. The van der Waals surface area contributed by atoms with Crippen molar-refractivity contribution in [1.82, 2.24) is 10.3 Å². The van der Waals surface area contributed by atoms with Gasteiger partial charge in [0.2, 0.25) is 0 Å². The fraction of sp³-hybridized carbons (Fsp3) is 0.118. The van der Waals surface area contributed by atoms with E-state index in [0.29, 0.717) is 22.2 Å². The Morgan fingerprint density at radius 2 is 1.91 bits per heavy atom. The lowest BCUT2D eigenvalue weighted by molar-refractivity contribution is 0.0954. The van der Waals surface area contributed by atoms with E-state index in [1.165, 1.54) is 10.9 Å². The third kappa shape index (κ3) is 3.26. The predicted octanol–water partition coefficient (Wildman–Crippen LogP) is 4.45. The van der Waals surface area contributed by atoms with Gasteiger partial charge < -0.3 is 10.3 Å². The van der Waals surface area contributed by atoms with Gasteiger partial charge in [-0.1, -0.05) is 29.3 Å². The molecule has 112 valence electrons. The van der Waals surface area contributed by atoms with Gasteiger partial charge in [0.1, 0.15) is 0 Å². The average Bonchev–Trinajstić information content (AvgIpc) is 2.97. The summed E-state index contributed by atoms with van der Waals surface area (Å²) in [5.74, 6) is -0.152. The number of carbonyl (C=O) groups excluding carboxylic acids is 1. The van der Waals surface area contributed by atoms with Gasteiger partial charge >= 0.3 is 0 Å². The fourth-order valence-electron chi connectivity index (χ4n) is 2.32. The Morgan fingerprint density at radius 1 is 1.05 bits per heavy atom. The summed E-state index contributed by atoms with van der Waals surface area (Å²) >= 11 is 11.8. The van der Waals surface area contributed by atoms with Crippen molar-refractivity contribution >= 4 is 40.0 Å². The highest BCUT2D eigenvalue weighted by molar-refractivity contribution is 6.42. The summed E-state index contributed by atoms with van der Waals surface area (Å²) in [5.41, 5.74) is 2.81. The maximum atomic E-state index is 12.1. The number of aromatic nitrogens is 1. The summed E-state index contributed by atoms with van der Waals surface area (Å²) < 4.78 is 0. The van der Waals surface area contributed by atoms with E-state index in [-0.39, 0.29) is 5.91 Å². The Bertz CT molecular complexity index is 826. The zero-order chi connectivity index (χ0) is 15.5. The molecule has 0 radical (unpaired) electrons. The molecular formula is C17H14Cl2N2O. The number of rotatable bonds is 4. The molecule has 0 saturated heterocycles. The molecule has 3 rings (SSSR count). The normalized spacial score (nSPS) is 10.8. The zero-order valence-corrected chi connectivity index (χ0v) is 13.2. The molecule has 0 atom stereocenters. The van der Waals surface area contributed by atoms with E-state index < -0.39 is 0 Å². The Kier molecular flexibility index (Phi) is 4.36. The van der Waals surface area contributed by atoms with E-state index in [0.717, 1.165) is 11.9 Å². The number of amides is 1. The molecule has 3 aromatic rings. The van der Waals surface area contributed by atoms with Crippen molar-refractivity contribution < 1.29 is 4.79 Å². The highest BCUT2D eigenvalue weighted by Crippen LogP contribution is 2.22. The van der Waals surface area contributed by atoms with E-state index >= 15 is 0 Å². The summed E-state index contributed by atoms with van der Waals surface area (Å²) in [4.78, 5) is 15.2. The first kappa shape index (κ1) is 14.9. The van der Waals surface area contributed by atoms with Crippen LogP contribution >= 0.6 is 23.2 Å². The van der Waals surface area contributed by atoms with Crippen LogP contribution in [0.25, 0.3) is 10.9 Å². The van der Waals surface area contributed by atoms with Gasteiger partial charge in [-0.3, -0.25) is 4.79 Å². The SMILES string of the molecule is O=C(NCCc1ccc2[nH]ccc2c1)c1ccc(Cl)c(Cl)c1. The van der Waals surface area contributed by atoms with Crippen LogP contribution in [0.5, 0.6) is 0 Å². The van der Waals surface area contributed by atoms with E-state index in [1.807, 2.05) is 18.3 Å². The summed E-state index contributed by atoms with van der Waals surface area (Å²) in [6.45, 7) is 0.564. The van der Waals surface area contributed by atoms with Crippen LogP contribution in [0.15, 0.2) is 48.7 Å². The topological polar surface area (TPSA) is 44.9 Å². The van der Waals surface area contributed by atoms with Crippen molar-refractivity contribution in [3.8, 4) is 0 Å². The number of hydrogen-bond donors (Lipinski definition) is 2. The first-order valence-electron chi connectivity index (χ1n) is 6.93. The standard InChI is InChI=1S/C17H14Cl2N2O/c18-14-3-2-13(10-15(14)19)17(22)21-7-5-11-1-4-16-12(9-11)6-8-20-16/h1-4,6,8-10,20H,5,7H2,(H,21,22). The molecular weight excluding hydrogens is 319 g/mol. The van der Waals surface area contributed by atoms with Crippen LogP contribution in [0.2, 0.25) is 10.0 Å². The number of benzene rings is 2. The Hall–Kier alpha value is -1.97. The Morgan fingerprint density at radius 3 is 2.73 bits per heavy atom. The molecule has 0 spiro atoms. The molecule has 0 unspecified atom stereocenters. The minimum Gasteiger partial charge on any atom is -0.361 e. The monoisotopic (exact) mass is 332 g/mol. The number of carbonyl (C=O) groups is 1. The van der Waals surface area contributed by atoms with Gasteiger partial charge in [0.05, 0.1) is 10.0 Å². The van der Waals surface area contributed by atoms with Crippen LogP contribution in [0.3, 0.4) is 0 Å². The molecule has 22 heavy (non-hydrogen) atoms. The lowest BCUT2D eigenvalue weighted by Crippen LogP contribution is -2.25. The van der Waals surface area contributed by atoms with Crippen molar-refractivity contribution in [1.29, 1.82) is 0 Å². The van der Waals surface area contributed by atoms with Crippen molar-refractivity contribution in [3.05, 3.63) is 69.8 Å². The maximum absolute atomic E-state index is 12.1. The molecule has 0 fully saturated rings. The molecule has 0 saturated carbocycles. The van der Waals surface area contributed by atoms with Crippen LogP contribution < -0.4 is 5.32 Å². The lowest BCUT2D eigenvalue weighted by Gasteiger charge is -2.06. The van der Waals surface area contributed by atoms with E-state index in [9.17, 15) is 4.79 Å². The smallest absolute Gasteiger partial charge is 0.251 e. The van der Waals surface area contributed by atoms with Crippen LogP contribution in [0.1, 0.15) is 15.9 Å². The number of hydrogen-bond acceptors (Lipinski definition) is 1. The molecule has 0 bridgehead atoms. The van der Waals surface area contributed by atoms with Crippen LogP contribution in [-0.4, -0.2) is 17.4 Å². The maximum Gasteiger partial charge on any atom is 0.251 e. The number of nitrogens with one attached hydrogen (secondary N) is 2. The molecule has 5 heteroatoms. The average molecular weight is 333 g/mol. The van der Waals surface area contributed by atoms with Gasteiger partial charge in [-0.25, -0.2) is 0 Å². The molecule has 3 nitrogen and oxygen atoms in total.